The van der Waals surface area contributed by atoms with E-state index in [1.807, 2.05) is 6.92 Å². The molecule has 1 N–H and O–H groups in total. The Kier molecular flexibility index (Phi) is 3.03. The number of aliphatic hydroxyl groups excluding tert-OH is 1. The molecule has 0 bridgehead atoms. The van der Waals surface area contributed by atoms with Crippen molar-refractivity contribution in [2.75, 3.05) is 7.11 Å². The number of aromatic nitrogens is 1. The van der Waals surface area contributed by atoms with E-state index in [9.17, 15) is 0 Å². The van der Waals surface area contributed by atoms with Gasteiger partial charge in [-0.2, -0.15) is 0 Å². The van der Waals surface area contributed by atoms with Gasteiger partial charge in [0.25, 0.3) is 0 Å². The number of hydrogen-bond donors (Lipinski definition) is 1. The van der Waals surface area contributed by atoms with Gasteiger partial charge in [-0.15, -0.1) is 0 Å². The van der Waals surface area contributed by atoms with Crippen molar-refractivity contribution >= 4 is 6.08 Å². The number of methoxy groups -OCH3 is 1. The zero-order valence-corrected chi connectivity index (χ0v) is 7.87. The Bertz CT molecular complexity index is 321. The molecule has 0 fully saturated rings. The zero-order chi connectivity index (χ0) is 9.84. The van der Waals surface area contributed by atoms with E-state index in [4.69, 9.17) is 9.84 Å². The molecule has 0 radical (unpaired) electrons. The predicted molar refractivity (Wildman–Crippen MR) is 51.5 cm³/mol. The summed E-state index contributed by atoms with van der Waals surface area (Å²) in [4.78, 5) is 4.10. The van der Waals surface area contributed by atoms with E-state index in [1.54, 1.807) is 19.4 Å². The van der Waals surface area contributed by atoms with Gasteiger partial charge in [-0.1, -0.05) is 12.7 Å². The summed E-state index contributed by atoms with van der Waals surface area (Å²) >= 11 is 0. The SMILES string of the molecule is C=Cc1c(CO)cnc(C)c1OC. The van der Waals surface area contributed by atoms with Crippen LogP contribution in [0, 0.1) is 6.92 Å². The number of pyridine rings is 1. The van der Waals surface area contributed by atoms with Gasteiger partial charge in [0.15, 0.2) is 0 Å². The van der Waals surface area contributed by atoms with Crippen molar-refractivity contribution in [1.82, 2.24) is 4.98 Å². The molecular weight excluding hydrogens is 166 g/mol. The monoisotopic (exact) mass is 179 g/mol. The van der Waals surface area contributed by atoms with Crippen LogP contribution >= 0.6 is 0 Å². The van der Waals surface area contributed by atoms with Crippen LogP contribution in [0.2, 0.25) is 0 Å². The van der Waals surface area contributed by atoms with Crippen LogP contribution in [0.25, 0.3) is 6.08 Å². The van der Waals surface area contributed by atoms with Gasteiger partial charge in [-0.25, -0.2) is 0 Å². The number of aliphatic hydroxyl groups is 1. The maximum Gasteiger partial charge on any atom is 0.147 e. The third-order valence-electron chi connectivity index (χ3n) is 1.91. The smallest absolute Gasteiger partial charge is 0.147 e. The van der Waals surface area contributed by atoms with Gasteiger partial charge in [-0.05, 0) is 6.92 Å². The number of rotatable bonds is 3. The summed E-state index contributed by atoms with van der Waals surface area (Å²) in [6.07, 6.45) is 3.30. The molecule has 0 aromatic carbocycles. The number of aryl methyl sites for hydroxylation is 1. The second-order valence-corrected chi connectivity index (χ2v) is 2.68. The maximum atomic E-state index is 9.02. The van der Waals surface area contributed by atoms with Gasteiger partial charge < -0.3 is 9.84 Å². The Balaban J connectivity index is 3.36. The fourth-order valence-electron chi connectivity index (χ4n) is 1.25. The fraction of sp³-hybridized carbons (Fsp3) is 0.300. The van der Waals surface area contributed by atoms with Crippen molar-refractivity contribution in [3.63, 3.8) is 0 Å². The minimum absolute atomic E-state index is 0.0506. The van der Waals surface area contributed by atoms with Gasteiger partial charge in [0.05, 0.1) is 19.4 Å². The molecule has 0 saturated carbocycles. The molecule has 0 saturated heterocycles. The quantitative estimate of drug-likeness (QED) is 0.765. The summed E-state index contributed by atoms with van der Waals surface area (Å²) in [6.45, 7) is 5.47. The molecule has 0 amide bonds. The molecule has 3 heteroatoms. The van der Waals surface area contributed by atoms with Crippen molar-refractivity contribution < 1.29 is 9.84 Å². The van der Waals surface area contributed by atoms with Crippen LogP contribution in [0.1, 0.15) is 16.8 Å². The summed E-state index contributed by atoms with van der Waals surface area (Å²) in [5, 5.41) is 9.02. The largest absolute Gasteiger partial charge is 0.494 e. The molecule has 3 nitrogen and oxygen atoms in total. The number of ether oxygens (including phenoxy) is 1. The van der Waals surface area contributed by atoms with E-state index in [0.29, 0.717) is 5.75 Å². The van der Waals surface area contributed by atoms with Gasteiger partial charge in [0, 0.05) is 17.3 Å². The second-order valence-electron chi connectivity index (χ2n) is 2.68. The highest BCUT2D eigenvalue weighted by molar-refractivity contribution is 5.60. The van der Waals surface area contributed by atoms with E-state index in [0.717, 1.165) is 16.8 Å². The molecule has 70 valence electrons. The summed E-state index contributed by atoms with van der Waals surface area (Å²) < 4.78 is 5.16. The normalized spacial score (nSPS) is 9.77. The van der Waals surface area contributed by atoms with Crippen LogP contribution in [0.4, 0.5) is 0 Å². The lowest BCUT2D eigenvalue weighted by Gasteiger charge is -2.10. The Hall–Kier alpha value is -1.35. The van der Waals surface area contributed by atoms with Crippen LogP contribution in [0.3, 0.4) is 0 Å². The highest BCUT2D eigenvalue weighted by Crippen LogP contribution is 2.25. The summed E-state index contributed by atoms with van der Waals surface area (Å²) in [5.74, 6) is 0.682. The van der Waals surface area contributed by atoms with Crippen molar-refractivity contribution in [2.45, 2.75) is 13.5 Å². The first-order chi connectivity index (χ1) is 6.24. The van der Waals surface area contributed by atoms with Crippen LogP contribution in [-0.4, -0.2) is 17.2 Å². The third kappa shape index (κ3) is 1.70. The highest BCUT2D eigenvalue weighted by atomic mass is 16.5. The van der Waals surface area contributed by atoms with Crippen LogP contribution < -0.4 is 4.74 Å². The first-order valence-electron chi connectivity index (χ1n) is 4.00. The Morgan fingerprint density at radius 2 is 2.38 bits per heavy atom. The molecular formula is C10H13NO2. The Labute approximate surface area is 77.7 Å². The van der Waals surface area contributed by atoms with Crippen molar-refractivity contribution in [3.05, 3.63) is 29.6 Å². The average molecular weight is 179 g/mol. The molecule has 0 aliphatic carbocycles. The fourth-order valence-corrected chi connectivity index (χ4v) is 1.25. The molecule has 0 unspecified atom stereocenters. The Morgan fingerprint density at radius 1 is 1.69 bits per heavy atom. The van der Waals surface area contributed by atoms with Crippen molar-refractivity contribution in [1.29, 1.82) is 0 Å². The molecule has 1 aromatic heterocycles. The highest BCUT2D eigenvalue weighted by Gasteiger charge is 2.08. The van der Waals surface area contributed by atoms with E-state index in [1.165, 1.54) is 0 Å². The van der Waals surface area contributed by atoms with Crippen LogP contribution in [0.5, 0.6) is 5.75 Å². The lowest BCUT2D eigenvalue weighted by atomic mass is 10.1. The standard InChI is InChI=1S/C10H13NO2/c1-4-9-8(6-12)5-11-7(2)10(9)13-3/h4-5,12H,1,6H2,2-3H3. The topological polar surface area (TPSA) is 42.4 Å². The van der Waals surface area contributed by atoms with Gasteiger partial charge >= 0.3 is 0 Å². The first-order valence-corrected chi connectivity index (χ1v) is 4.00. The molecule has 1 heterocycles. The lowest BCUT2D eigenvalue weighted by molar-refractivity contribution is 0.280. The second kappa shape index (κ2) is 4.05. The van der Waals surface area contributed by atoms with Crippen LogP contribution in [0.15, 0.2) is 12.8 Å². The van der Waals surface area contributed by atoms with E-state index in [-0.39, 0.29) is 6.61 Å². The Morgan fingerprint density at radius 3 is 2.85 bits per heavy atom. The molecule has 1 aromatic rings. The molecule has 0 spiro atoms. The zero-order valence-electron chi connectivity index (χ0n) is 7.87. The van der Waals surface area contributed by atoms with Crippen molar-refractivity contribution in [3.8, 4) is 5.75 Å². The van der Waals surface area contributed by atoms with E-state index < -0.39 is 0 Å². The summed E-state index contributed by atoms with van der Waals surface area (Å²) in [6, 6.07) is 0. The molecule has 0 aliphatic rings. The van der Waals surface area contributed by atoms with Gasteiger partial charge in [0.2, 0.25) is 0 Å². The number of nitrogens with zero attached hydrogens (tertiary/aromatic N) is 1. The number of hydrogen-bond acceptors (Lipinski definition) is 3. The van der Waals surface area contributed by atoms with Crippen molar-refractivity contribution in [2.24, 2.45) is 0 Å². The molecule has 1 rings (SSSR count). The predicted octanol–water partition coefficient (Wildman–Crippen LogP) is 1.53. The molecule has 0 aliphatic heterocycles. The minimum atomic E-state index is -0.0506. The first kappa shape index (κ1) is 9.74. The summed E-state index contributed by atoms with van der Waals surface area (Å²) in [7, 11) is 1.58. The van der Waals surface area contributed by atoms with Crippen LogP contribution in [-0.2, 0) is 6.61 Å². The third-order valence-corrected chi connectivity index (χ3v) is 1.91. The molecule has 13 heavy (non-hydrogen) atoms. The average Bonchev–Trinajstić information content (AvgIpc) is 2.17. The van der Waals surface area contributed by atoms with Gasteiger partial charge in [-0.3, -0.25) is 4.98 Å². The lowest BCUT2D eigenvalue weighted by Crippen LogP contribution is -1.98. The van der Waals surface area contributed by atoms with E-state index >= 15 is 0 Å². The maximum absolute atomic E-state index is 9.02. The van der Waals surface area contributed by atoms with E-state index in [2.05, 4.69) is 11.6 Å². The van der Waals surface area contributed by atoms with Gasteiger partial charge in [0.1, 0.15) is 5.75 Å². The summed E-state index contributed by atoms with van der Waals surface area (Å²) in [5.41, 5.74) is 2.35. The minimum Gasteiger partial charge on any atom is -0.494 e. The molecule has 0 atom stereocenters.